The fourth-order valence-electron chi connectivity index (χ4n) is 1.77. The molecule has 0 aliphatic heterocycles. The average molecular weight is 302 g/mol. The third-order valence-corrected chi connectivity index (χ3v) is 3.03. The summed E-state index contributed by atoms with van der Waals surface area (Å²) in [7, 11) is 0. The predicted octanol–water partition coefficient (Wildman–Crippen LogP) is 3.55. The average Bonchev–Trinajstić information content (AvgIpc) is 2.95. The molecule has 2 aromatic carbocycles. The summed E-state index contributed by atoms with van der Waals surface area (Å²) < 4.78 is 11.1. The van der Waals surface area contributed by atoms with Gasteiger partial charge < -0.3 is 14.9 Å². The highest BCUT2D eigenvalue weighted by Crippen LogP contribution is 2.21. The highest BCUT2D eigenvalue weighted by molar-refractivity contribution is 6.30. The number of nitrogens with two attached hydrogens (primary N) is 1. The molecule has 0 radical (unpaired) electrons. The van der Waals surface area contributed by atoms with E-state index in [-0.39, 0.29) is 6.61 Å². The molecule has 0 amide bonds. The van der Waals surface area contributed by atoms with Gasteiger partial charge in [0.25, 0.3) is 5.89 Å². The van der Waals surface area contributed by atoms with Crippen molar-refractivity contribution in [2.75, 3.05) is 5.73 Å². The standard InChI is InChI=1S/C15H12ClN3O2/c16-11-6-4-10(5-7-11)15-19-18-14(21-15)9-20-13-3-1-2-12(17)8-13/h1-8H,9,17H2. The van der Waals surface area contributed by atoms with Crippen LogP contribution in [0.15, 0.2) is 52.9 Å². The zero-order valence-corrected chi connectivity index (χ0v) is 11.7. The van der Waals surface area contributed by atoms with Crippen molar-refractivity contribution in [3.63, 3.8) is 0 Å². The van der Waals surface area contributed by atoms with Crippen LogP contribution in [0, 0.1) is 0 Å². The van der Waals surface area contributed by atoms with Gasteiger partial charge in [0.05, 0.1) is 0 Å². The molecule has 1 heterocycles. The Hall–Kier alpha value is -2.53. The molecule has 1 aromatic heterocycles. The summed E-state index contributed by atoms with van der Waals surface area (Å²) in [6.45, 7) is 0.185. The summed E-state index contributed by atoms with van der Waals surface area (Å²) in [6.07, 6.45) is 0. The summed E-state index contributed by atoms with van der Waals surface area (Å²) in [5.41, 5.74) is 7.12. The Balaban J connectivity index is 1.69. The van der Waals surface area contributed by atoms with E-state index in [1.54, 1.807) is 24.3 Å². The van der Waals surface area contributed by atoms with Crippen molar-refractivity contribution in [2.24, 2.45) is 0 Å². The van der Waals surface area contributed by atoms with Crippen LogP contribution in [0.5, 0.6) is 5.75 Å². The van der Waals surface area contributed by atoms with Gasteiger partial charge in [-0.1, -0.05) is 17.7 Å². The first-order valence-corrected chi connectivity index (χ1v) is 6.65. The largest absolute Gasteiger partial charge is 0.484 e. The van der Waals surface area contributed by atoms with Gasteiger partial charge in [-0.15, -0.1) is 10.2 Å². The second-order valence-electron chi connectivity index (χ2n) is 4.37. The number of hydrogen-bond donors (Lipinski definition) is 1. The molecule has 3 aromatic rings. The van der Waals surface area contributed by atoms with Crippen molar-refractivity contribution in [3.05, 3.63) is 59.4 Å². The van der Waals surface area contributed by atoms with Gasteiger partial charge in [0.2, 0.25) is 5.89 Å². The van der Waals surface area contributed by atoms with E-state index in [1.165, 1.54) is 0 Å². The van der Waals surface area contributed by atoms with E-state index in [0.29, 0.717) is 28.2 Å². The number of anilines is 1. The molecule has 0 saturated carbocycles. The molecule has 0 aliphatic carbocycles. The van der Waals surface area contributed by atoms with Crippen LogP contribution < -0.4 is 10.5 Å². The lowest BCUT2D eigenvalue weighted by atomic mass is 10.2. The van der Waals surface area contributed by atoms with Gasteiger partial charge in [-0.05, 0) is 36.4 Å². The monoisotopic (exact) mass is 301 g/mol. The first-order valence-electron chi connectivity index (χ1n) is 6.27. The summed E-state index contributed by atoms with van der Waals surface area (Å²) in [4.78, 5) is 0. The zero-order chi connectivity index (χ0) is 14.7. The molecule has 0 fully saturated rings. The van der Waals surface area contributed by atoms with Crippen LogP contribution in [0.4, 0.5) is 5.69 Å². The second kappa shape index (κ2) is 5.85. The van der Waals surface area contributed by atoms with E-state index < -0.39 is 0 Å². The first-order chi connectivity index (χ1) is 10.2. The van der Waals surface area contributed by atoms with E-state index in [0.717, 1.165) is 5.56 Å². The van der Waals surface area contributed by atoms with Crippen LogP contribution in [0.25, 0.3) is 11.5 Å². The van der Waals surface area contributed by atoms with Gasteiger partial charge >= 0.3 is 0 Å². The van der Waals surface area contributed by atoms with Crippen molar-refractivity contribution >= 4 is 17.3 Å². The maximum Gasteiger partial charge on any atom is 0.254 e. The predicted molar refractivity (Wildman–Crippen MR) is 79.9 cm³/mol. The number of nitrogen functional groups attached to an aromatic ring is 1. The van der Waals surface area contributed by atoms with Gasteiger partial charge in [-0.25, -0.2) is 0 Å². The molecule has 3 rings (SSSR count). The van der Waals surface area contributed by atoms with Crippen molar-refractivity contribution < 1.29 is 9.15 Å². The molecule has 0 unspecified atom stereocenters. The molecule has 0 spiro atoms. The van der Waals surface area contributed by atoms with Crippen molar-refractivity contribution in [3.8, 4) is 17.2 Å². The molecule has 21 heavy (non-hydrogen) atoms. The molecule has 0 atom stereocenters. The van der Waals surface area contributed by atoms with Crippen LogP contribution in [-0.4, -0.2) is 10.2 Å². The Bertz CT molecular complexity index is 741. The quantitative estimate of drug-likeness (QED) is 0.746. The first kappa shape index (κ1) is 13.5. The highest BCUT2D eigenvalue weighted by atomic mass is 35.5. The van der Waals surface area contributed by atoms with E-state index in [2.05, 4.69) is 10.2 Å². The minimum absolute atomic E-state index is 0.185. The number of ether oxygens (including phenoxy) is 1. The molecule has 0 aliphatic rings. The number of rotatable bonds is 4. The number of halogens is 1. The van der Waals surface area contributed by atoms with Crippen LogP contribution in [-0.2, 0) is 6.61 Å². The van der Waals surface area contributed by atoms with E-state index in [4.69, 9.17) is 26.5 Å². The lowest BCUT2D eigenvalue weighted by Gasteiger charge is -2.03. The molecule has 5 nitrogen and oxygen atoms in total. The van der Waals surface area contributed by atoms with Crippen molar-refractivity contribution in [1.82, 2.24) is 10.2 Å². The molecule has 6 heteroatoms. The second-order valence-corrected chi connectivity index (χ2v) is 4.81. The van der Waals surface area contributed by atoms with Crippen molar-refractivity contribution in [2.45, 2.75) is 6.61 Å². The number of benzene rings is 2. The van der Waals surface area contributed by atoms with Crippen molar-refractivity contribution in [1.29, 1.82) is 0 Å². The zero-order valence-electron chi connectivity index (χ0n) is 11.0. The molecular weight excluding hydrogens is 290 g/mol. The van der Waals surface area contributed by atoms with Crippen LogP contribution >= 0.6 is 11.6 Å². The summed E-state index contributed by atoms with van der Waals surface area (Å²) in [5.74, 6) is 1.47. The third-order valence-electron chi connectivity index (χ3n) is 2.78. The number of aromatic nitrogens is 2. The third kappa shape index (κ3) is 3.32. The Morgan fingerprint density at radius 1 is 1.10 bits per heavy atom. The lowest BCUT2D eigenvalue weighted by molar-refractivity contribution is 0.264. The van der Waals surface area contributed by atoms with E-state index >= 15 is 0 Å². The minimum atomic E-state index is 0.185. The fourth-order valence-corrected chi connectivity index (χ4v) is 1.90. The van der Waals surface area contributed by atoms with E-state index in [9.17, 15) is 0 Å². The van der Waals surface area contributed by atoms with Gasteiger partial charge in [0, 0.05) is 22.3 Å². The Morgan fingerprint density at radius 2 is 1.90 bits per heavy atom. The molecule has 106 valence electrons. The summed E-state index contributed by atoms with van der Waals surface area (Å²) in [5, 5.41) is 8.58. The molecule has 0 saturated heterocycles. The maximum atomic E-state index is 5.84. The fraction of sp³-hybridized carbons (Fsp3) is 0.0667. The molecular formula is C15H12ClN3O2. The van der Waals surface area contributed by atoms with Crippen LogP contribution in [0.3, 0.4) is 0 Å². The highest BCUT2D eigenvalue weighted by Gasteiger charge is 2.09. The summed E-state index contributed by atoms with van der Waals surface area (Å²) >= 11 is 5.84. The Morgan fingerprint density at radius 3 is 2.67 bits per heavy atom. The topological polar surface area (TPSA) is 74.2 Å². The molecule has 0 bridgehead atoms. The van der Waals surface area contributed by atoms with Crippen LogP contribution in [0.2, 0.25) is 5.02 Å². The number of nitrogens with zero attached hydrogens (tertiary/aromatic N) is 2. The van der Waals surface area contributed by atoms with E-state index in [1.807, 2.05) is 24.3 Å². The molecule has 2 N–H and O–H groups in total. The lowest BCUT2D eigenvalue weighted by Crippen LogP contribution is -1.96. The summed E-state index contributed by atoms with van der Waals surface area (Å²) in [6, 6.07) is 14.3. The minimum Gasteiger partial charge on any atom is -0.484 e. The number of hydrogen-bond acceptors (Lipinski definition) is 5. The Kier molecular flexibility index (Phi) is 3.75. The maximum absolute atomic E-state index is 5.84. The SMILES string of the molecule is Nc1cccc(OCc2nnc(-c3ccc(Cl)cc3)o2)c1. The van der Waals surface area contributed by atoms with Crippen LogP contribution in [0.1, 0.15) is 5.89 Å². The normalized spacial score (nSPS) is 10.5. The Labute approximate surface area is 126 Å². The smallest absolute Gasteiger partial charge is 0.254 e. The van der Waals surface area contributed by atoms with Gasteiger partial charge in [0.1, 0.15) is 5.75 Å². The van der Waals surface area contributed by atoms with Gasteiger partial charge in [-0.2, -0.15) is 0 Å². The van der Waals surface area contributed by atoms with Gasteiger partial charge in [-0.3, -0.25) is 0 Å². The van der Waals surface area contributed by atoms with Gasteiger partial charge in [0.15, 0.2) is 6.61 Å².